The summed E-state index contributed by atoms with van der Waals surface area (Å²) in [5.41, 5.74) is 0.965. The van der Waals surface area contributed by atoms with Gasteiger partial charge in [0.2, 0.25) is 10.0 Å². The van der Waals surface area contributed by atoms with Crippen molar-refractivity contribution in [2.45, 2.75) is 19.1 Å². The van der Waals surface area contributed by atoms with Crippen molar-refractivity contribution in [3.8, 4) is 0 Å². The molecule has 1 aromatic rings. The Hall–Kier alpha value is -1.63. The molecule has 0 saturated heterocycles. The molecule has 0 amide bonds. The largest absolute Gasteiger partial charge is 0.480 e. The second-order valence-electron chi connectivity index (χ2n) is 3.32. The zero-order valence-corrected chi connectivity index (χ0v) is 9.65. The summed E-state index contributed by atoms with van der Waals surface area (Å²) in [6.45, 7) is 2.81. The van der Waals surface area contributed by atoms with Crippen LogP contribution in [0.1, 0.15) is 12.5 Å². The molecule has 0 radical (unpaired) electrons. The number of aromatic nitrogens is 1. The van der Waals surface area contributed by atoms with E-state index in [9.17, 15) is 13.2 Å². The fourth-order valence-electron chi connectivity index (χ4n) is 0.945. The summed E-state index contributed by atoms with van der Waals surface area (Å²) in [5, 5.41) is 7.12. The molecular formula is C9H12N2O4S. The lowest BCUT2D eigenvalue weighted by Crippen LogP contribution is -2.32. The molecule has 16 heavy (non-hydrogen) atoms. The number of hydrogen-bond donors (Lipinski definition) is 2. The van der Waals surface area contributed by atoms with Crippen LogP contribution in [0.15, 0.2) is 18.5 Å². The third-order valence-electron chi connectivity index (χ3n) is 2.10. The molecule has 1 aromatic heterocycles. The van der Waals surface area contributed by atoms with Crippen molar-refractivity contribution < 1.29 is 18.3 Å². The molecule has 1 unspecified atom stereocenters. The van der Waals surface area contributed by atoms with Gasteiger partial charge in [-0.15, -0.1) is 0 Å². The number of nitrogens with zero attached hydrogens (tertiary/aromatic N) is 1. The molecule has 0 saturated carbocycles. The van der Waals surface area contributed by atoms with E-state index in [0.717, 1.165) is 6.92 Å². The molecule has 2 N–H and O–H groups in total. The quantitative estimate of drug-likeness (QED) is 0.808. The van der Waals surface area contributed by atoms with E-state index in [1.807, 2.05) is 0 Å². The van der Waals surface area contributed by atoms with Crippen LogP contribution in [-0.2, 0) is 14.8 Å². The first-order valence-corrected chi connectivity index (χ1v) is 6.04. The van der Waals surface area contributed by atoms with Crippen LogP contribution in [0.4, 0.5) is 5.69 Å². The zero-order valence-electron chi connectivity index (χ0n) is 8.84. The van der Waals surface area contributed by atoms with Crippen molar-refractivity contribution >= 4 is 21.7 Å². The van der Waals surface area contributed by atoms with Gasteiger partial charge in [-0.2, -0.15) is 0 Å². The van der Waals surface area contributed by atoms with E-state index in [-0.39, 0.29) is 5.69 Å². The summed E-state index contributed by atoms with van der Waals surface area (Å²) in [6, 6.07) is 1.63. The second kappa shape index (κ2) is 4.48. The monoisotopic (exact) mass is 244 g/mol. The third kappa shape index (κ3) is 2.69. The van der Waals surface area contributed by atoms with Crippen LogP contribution in [0.5, 0.6) is 0 Å². The van der Waals surface area contributed by atoms with Crippen LogP contribution in [0.3, 0.4) is 0 Å². The van der Waals surface area contributed by atoms with E-state index in [4.69, 9.17) is 5.11 Å². The van der Waals surface area contributed by atoms with Gasteiger partial charge in [-0.1, -0.05) is 0 Å². The van der Waals surface area contributed by atoms with E-state index >= 15 is 0 Å². The van der Waals surface area contributed by atoms with Crippen molar-refractivity contribution in [1.82, 2.24) is 4.98 Å². The van der Waals surface area contributed by atoms with Crippen LogP contribution >= 0.6 is 0 Å². The highest BCUT2D eigenvalue weighted by atomic mass is 32.2. The van der Waals surface area contributed by atoms with Gasteiger partial charge < -0.3 is 5.11 Å². The molecular weight excluding hydrogens is 232 g/mol. The van der Waals surface area contributed by atoms with Gasteiger partial charge in [0.1, 0.15) is 0 Å². The number of pyridine rings is 1. The number of aliphatic carboxylic acids is 1. The fourth-order valence-corrected chi connectivity index (χ4v) is 1.91. The molecule has 6 nitrogen and oxygen atoms in total. The van der Waals surface area contributed by atoms with Gasteiger partial charge in [0, 0.05) is 6.20 Å². The predicted octanol–water partition coefficient (Wildman–Crippen LogP) is 0.605. The Morgan fingerprint density at radius 3 is 2.69 bits per heavy atom. The minimum Gasteiger partial charge on any atom is -0.480 e. The average Bonchev–Trinajstić information content (AvgIpc) is 2.20. The Bertz CT molecular complexity index is 498. The lowest BCUT2D eigenvalue weighted by atomic mass is 10.3. The summed E-state index contributed by atoms with van der Waals surface area (Å²) in [7, 11) is -3.92. The summed E-state index contributed by atoms with van der Waals surface area (Å²) in [6.07, 6.45) is 2.86. The lowest BCUT2D eigenvalue weighted by molar-refractivity contribution is -0.136. The normalized spacial score (nSPS) is 13.1. The Morgan fingerprint density at radius 1 is 1.56 bits per heavy atom. The highest BCUT2D eigenvalue weighted by molar-refractivity contribution is 7.94. The van der Waals surface area contributed by atoms with Crippen LogP contribution in [0.2, 0.25) is 0 Å². The first-order chi connectivity index (χ1) is 7.34. The number of hydrogen-bond acceptors (Lipinski definition) is 4. The number of nitrogens with one attached hydrogen (secondary N) is 1. The lowest BCUT2D eigenvalue weighted by Gasteiger charge is -2.12. The Morgan fingerprint density at radius 2 is 2.19 bits per heavy atom. The van der Waals surface area contributed by atoms with Crippen LogP contribution < -0.4 is 4.72 Å². The maximum atomic E-state index is 11.6. The number of carbonyl (C=O) groups is 1. The first kappa shape index (κ1) is 12.4. The van der Waals surface area contributed by atoms with Gasteiger partial charge in [-0.05, 0) is 25.5 Å². The topological polar surface area (TPSA) is 96.4 Å². The highest BCUT2D eigenvalue weighted by Gasteiger charge is 2.27. The van der Waals surface area contributed by atoms with Gasteiger partial charge in [0.15, 0.2) is 5.25 Å². The van der Waals surface area contributed by atoms with Crippen LogP contribution in [0, 0.1) is 6.92 Å². The number of anilines is 1. The van der Waals surface area contributed by atoms with E-state index in [0.29, 0.717) is 5.56 Å². The SMILES string of the molecule is Cc1ccncc1NS(=O)(=O)C(C)C(=O)O. The Labute approximate surface area is 93.4 Å². The molecule has 0 aromatic carbocycles. The van der Waals surface area contributed by atoms with E-state index in [2.05, 4.69) is 9.71 Å². The number of sulfonamides is 1. The number of carboxylic acids is 1. The molecule has 0 spiro atoms. The standard InChI is InChI=1S/C9H12N2O4S/c1-6-3-4-10-5-8(6)11-16(14,15)7(2)9(12)13/h3-5,7,11H,1-2H3,(H,12,13). The van der Waals surface area contributed by atoms with Crippen molar-refractivity contribution in [1.29, 1.82) is 0 Å². The Balaban J connectivity index is 2.98. The van der Waals surface area contributed by atoms with Crippen LogP contribution in [-0.4, -0.2) is 29.7 Å². The second-order valence-corrected chi connectivity index (χ2v) is 5.32. The third-order valence-corrected chi connectivity index (χ3v) is 3.74. The van der Waals surface area contributed by atoms with Crippen molar-refractivity contribution in [3.63, 3.8) is 0 Å². The molecule has 0 aliphatic carbocycles. The predicted molar refractivity (Wildman–Crippen MR) is 58.6 cm³/mol. The minimum atomic E-state index is -3.92. The molecule has 0 bridgehead atoms. The van der Waals surface area contributed by atoms with Gasteiger partial charge in [0.05, 0.1) is 11.9 Å². The smallest absolute Gasteiger partial charge is 0.323 e. The molecule has 1 atom stereocenters. The van der Waals surface area contributed by atoms with Gasteiger partial charge in [-0.3, -0.25) is 14.5 Å². The van der Waals surface area contributed by atoms with E-state index < -0.39 is 21.2 Å². The maximum absolute atomic E-state index is 11.6. The molecule has 1 heterocycles. The van der Waals surface area contributed by atoms with Crippen molar-refractivity contribution in [3.05, 3.63) is 24.0 Å². The summed E-state index contributed by atoms with van der Waals surface area (Å²) < 4.78 is 25.3. The van der Waals surface area contributed by atoms with Gasteiger partial charge in [-0.25, -0.2) is 8.42 Å². The summed E-state index contributed by atoms with van der Waals surface area (Å²) in [4.78, 5) is 14.3. The van der Waals surface area contributed by atoms with Gasteiger partial charge >= 0.3 is 5.97 Å². The number of aryl methyl sites for hydroxylation is 1. The van der Waals surface area contributed by atoms with Gasteiger partial charge in [0.25, 0.3) is 0 Å². The van der Waals surface area contributed by atoms with Crippen molar-refractivity contribution in [2.75, 3.05) is 4.72 Å². The average molecular weight is 244 g/mol. The summed E-state index contributed by atoms with van der Waals surface area (Å²) in [5.74, 6) is -1.39. The molecule has 0 aliphatic rings. The molecule has 0 fully saturated rings. The molecule has 88 valence electrons. The highest BCUT2D eigenvalue weighted by Crippen LogP contribution is 2.15. The molecule has 7 heteroatoms. The summed E-state index contributed by atoms with van der Waals surface area (Å²) >= 11 is 0. The minimum absolute atomic E-state index is 0.288. The first-order valence-electron chi connectivity index (χ1n) is 4.49. The van der Waals surface area contributed by atoms with E-state index in [1.54, 1.807) is 13.0 Å². The fraction of sp³-hybridized carbons (Fsp3) is 0.333. The van der Waals surface area contributed by atoms with E-state index in [1.165, 1.54) is 12.4 Å². The maximum Gasteiger partial charge on any atom is 0.323 e. The Kier molecular flexibility index (Phi) is 3.48. The number of carboxylic acid groups (broad SMARTS) is 1. The molecule has 1 rings (SSSR count). The molecule has 0 aliphatic heterocycles. The zero-order chi connectivity index (χ0) is 12.3. The number of rotatable bonds is 4. The van der Waals surface area contributed by atoms with Crippen LogP contribution in [0.25, 0.3) is 0 Å². The van der Waals surface area contributed by atoms with Crippen molar-refractivity contribution in [2.24, 2.45) is 0 Å².